The minimum Gasteiger partial charge on any atom is -0.379 e. The minimum absolute atomic E-state index is 0.691. The van der Waals surface area contributed by atoms with E-state index in [0.717, 1.165) is 19.8 Å². The second-order valence-electron chi connectivity index (χ2n) is 9.20. The second kappa shape index (κ2) is 29.9. The SMILES string of the molecule is CCCCCCCCCCCCCCCCCCOCCOCCOCCCCCC. The van der Waals surface area contributed by atoms with E-state index < -0.39 is 0 Å². The van der Waals surface area contributed by atoms with Crippen LogP contribution in [0.1, 0.15) is 142 Å². The van der Waals surface area contributed by atoms with E-state index in [0.29, 0.717) is 19.8 Å². The lowest BCUT2D eigenvalue weighted by molar-refractivity contribution is 0.0132. The second-order valence-corrected chi connectivity index (χ2v) is 9.20. The van der Waals surface area contributed by atoms with E-state index in [4.69, 9.17) is 14.2 Å². The summed E-state index contributed by atoms with van der Waals surface area (Å²) in [5, 5.41) is 0. The summed E-state index contributed by atoms with van der Waals surface area (Å²) in [6.45, 7) is 9.10. The molecular formula is C28H58O3. The first kappa shape index (κ1) is 30.9. The van der Waals surface area contributed by atoms with Gasteiger partial charge in [0.1, 0.15) is 0 Å². The third kappa shape index (κ3) is 29.9. The van der Waals surface area contributed by atoms with Crippen LogP contribution in [0.5, 0.6) is 0 Å². The summed E-state index contributed by atoms with van der Waals surface area (Å²) in [4.78, 5) is 0. The van der Waals surface area contributed by atoms with E-state index in [2.05, 4.69) is 13.8 Å². The molecule has 0 heterocycles. The zero-order valence-electron chi connectivity index (χ0n) is 21.6. The minimum atomic E-state index is 0.691. The number of ether oxygens (including phenoxy) is 3. The first-order chi connectivity index (χ1) is 15.4. The molecule has 0 aromatic carbocycles. The summed E-state index contributed by atoms with van der Waals surface area (Å²) in [6.07, 6.45) is 27.6. The van der Waals surface area contributed by atoms with Crippen LogP contribution in [0.25, 0.3) is 0 Å². The Morgan fingerprint density at radius 1 is 0.258 bits per heavy atom. The van der Waals surface area contributed by atoms with Gasteiger partial charge in [0.05, 0.1) is 26.4 Å². The highest BCUT2D eigenvalue weighted by Gasteiger charge is 1.96. The largest absolute Gasteiger partial charge is 0.379 e. The smallest absolute Gasteiger partial charge is 0.0701 e. The summed E-state index contributed by atoms with van der Waals surface area (Å²) in [5.41, 5.74) is 0. The summed E-state index contributed by atoms with van der Waals surface area (Å²) in [7, 11) is 0. The molecule has 0 aromatic rings. The highest BCUT2D eigenvalue weighted by molar-refractivity contribution is 4.50. The maximum atomic E-state index is 5.66. The van der Waals surface area contributed by atoms with Crippen LogP contribution in [-0.2, 0) is 14.2 Å². The molecule has 0 saturated carbocycles. The van der Waals surface area contributed by atoms with Crippen LogP contribution < -0.4 is 0 Å². The Morgan fingerprint density at radius 2 is 0.484 bits per heavy atom. The zero-order valence-corrected chi connectivity index (χ0v) is 21.6. The highest BCUT2D eigenvalue weighted by atomic mass is 16.5. The molecule has 0 rings (SSSR count). The predicted molar refractivity (Wildman–Crippen MR) is 136 cm³/mol. The normalized spacial score (nSPS) is 11.4. The molecule has 3 heteroatoms. The van der Waals surface area contributed by atoms with Crippen molar-refractivity contribution in [3.63, 3.8) is 0 Å². The number of unbranched alkanes of at least 4 members (excludes halogenated alkanes) is 18. The summed E-state index contributed by atoms with van der Waals surface area (Å²) in [5.74, 6) is 0. The fourth-order valence-electron chi connectivity index (χ4n) is 3.93. The fourth-order valence-corrected chi connectivity index (χ4v) is 3.93. The summed E-state index contributed by atoms with van der Waals surface area (Å²) >= 11 is 0. The average Bonchev–Trinajstić information content (AvgIpc) is 2.78. The van der Waals surface area contributed by atoms with Gasteiger partial charge >= 0.3 is 0 Å². The molecule has 0 N–H and O–H groups in total. The van der Waals surface area contributed by atoms with Gasteiger partial charge < -0.3 is 14.2 Å². The van der Waals surface area contributed by atoms with Crippen LogP contribution in [0.3, 0.4) is 0 Å². The van der Waals surface area contributed by atoms with Crippen molar-refractivity contribution in [2.24, 2.45) is 0 Å². The van der Waals surface area contributed by atoms with E-state index in [9.17, 15) is 0 Å². The first-order valence-electron chi connectivity index (χ1n) is 14.1. The lowest BCUT2D eigenvalue weighted by Crippen LogP contribution is -2.10. The van der Waals surface area contributed by atoms with Gasteiger partial charge in [0.25, 0.3) is 0 Å². The molecule has 0 fully saturated rings. The molecule has 3 nitrogen and oxygen atoms in total. The molecule has 0 saturated heterocycles. The van der Waals surface area contributed by atoms with Gasteiger partial charge in [0.2, 0.25) is 0 Å². The van der Waals surface area contributed by atoms with Crippen molar-refractivity contribution >= 4 is 0 Å². The molecular weight excluding hydrogens is 384 g/mol. The van der Waals surface area contributed by atoms with Gasteiger partial charge in [0, 0.05) is 13.2 Å². The Bertz CT molecular complexity index is 268. The van der Waals surface area contributed by atoms with Crippen molar-refractivity contribution < 1.29 is 14.2 Å². The number of rotatable bonds is 28. The quantitative estimate of drug-likeness (QED) is 0.113. The molecule has 0 unspecified atom stereocenters. The zero-order chi connectivity index (χ0) is 22.5. The molecule has 0 aromatic heterocycles. The van der Waals surface area contributed by atoms with Crippen LogP contribution in [0, 0.1) is 0 Å². The standard InChI is InChI=1S/C28H58O3/c1-3-5-7-9-10-11-12-13-14-15-16-17-18-19-20-22-24-30-26-28-31-27-25-29-23-21-8-6-4-2/h3-28H2,1-2H3. The summed E-state index contributed by atoms with van der Waals surface area (Å²) in [6, 6.07) is 0. The predicted octanol–water partition coefficient (Wildman–Crippen LogP) is 8.88. The Kier molecular flexibility index (Phi) is 29.8. The van der Waals surface area contributed by atoms with Crippen molar-refractivity contribution in [2.75, 3.05) is 39.6 Å². The van der Waals surface area contributed by atoms with Crippen LogP contribution >= 0.6 is 0 Å². The van der Waals surface area contributed by atoms with Crippen LogP contribution in [0.2, 0.25) is 0 Å². The Morgan fingerprint density at radius 3 is 0.806 bits per heavy atom. The van der Waals surface area contributed by atoms with E-state index in [1.54, 1.807) is 0 Å². The third-order valence-electron chi connectivity index (χ3n) is 6.03. The van der Waals surface area contributed by atoms with Crippen LogP contribution in [-0.4, -0.2) is 39.6 Å². The molecule has 31 heavy (non-hydrogen) atoms. The van der Waals surface area contributed by atoms with Crippen LogP contribution in [0.15, 0.2) is 0 Å². The topological polar surface area (TPSA) is 27.7 Å². The Balaban J connectivity index is 2.98. The molecule has 0 aliphatic rings. The van der Waals surface area contributed by atoms with Gasteiger partial charge in [-0.2, -0.15) is 0 Å². The lowest BCUT2D eigenvalue weighted by atomic mass is 10.0. The average molecular weight is 443 g/mol. The third-order valence-corrected chi connectivity index (χ3v) is 6.03. The van der Waals surface area contributed by atoms with Gasteiger partial charge in [-0.25, -0.2) is 0 Å². The van der Waals surface area contributed by atoms with Crippen molar-refractivity contribution in [3.05, 3.63) is 0 Å². The fraction of sp³-hybridized carbons (Fsp3) is 1.00. The van der Waals surface area contributed by atoms with Crippen molar-refractivity contribution in [1.29, 1.82) is 0 Å². The van der Waals surface area contributed by atoms with E-state index >= 15 is 0 Å². The number of hydrogen-bond acceptors (Lipinski definition) is 3. The molecule has 0 spiro atoms. The van der Waals surface area contributed by atoms with Gasteiger partial charge in [-0.1, -0.05) is 129 Å². The van der Waals surface area contributed by atoms with E-state index in [-0.39, 0.29) is 0 Å². The lowest BCUT2D eigenvalue weighted by Gasteiger charge is -2.07. The molecule has 0 aliphatic carbocycles. The van der Waals surface area contributed by atoms with E-state index in [1.807, 2.05) is 0 Å². The van der Waals surface area contributed by atoms with Crippen LogP contribution in [0.4, 0.5) is 0 Å². The van der Waals surface area contributed by atoms with Crippen molar-refractivity contribution in [1.82, 2.24) is 0 Å². The highest BCUT2D eigenvalue weighted by Crippen LogP contribution is 2.13. The van der Waals surface area contributed by atoms with Gasteiger partial charge in [-0.3, -0.25) is 0 Å². The van der Waals surface area contributed by atoms with Crippen molar-refractivity contribution in [3.8, 4) is 0 Å². The maximum Gasteiger partial charge on any atom is 0.0701 e. The summed E-state index contributed by atoms with van der Waals surface area (Å²) < 4.78 is 16.8. The molecule has 0 radical (unpaired) electrons. The van der Waals surface area contributed by atoms with Gasteiger partial charge in [-0.15, -0.1) is 0 Å². The van der Waals surface area contributed by atoms with E-state index in [1.165, 1.54) is 128 Å². The van der Waals surface area contributed by atoms with Gasteiger partial charge in [-0.05, 0) is 12.8 Å². The molecule has 0 atom stereocenters. The monoisotopic (exact) mass is 442 g/mol. The number of hydrogen-bond donors (Lipinski definition) is 0. The molecule has 0 aliphatic heterocycles. The Labute approximate surface area is 196 Å². The molecule has 0 amide bonds. The molecule has 0 bridgehead atoms. The maximum absolute atomic E-state index is 5.66. The first-order valence-corrected chi connectivity index (χ1v) is 14.1. The van der Waals surface area contributed by atoms with Gasteiger partial charge in [0.15, 0.2) is 0 Å². The Hall–Kier alpha value is -0.120. The van der Waals surface area contributed by atoms with Crippen molar-refractivity contribution in [2.45, 2.75) is 142 Å². The molecule has 188 valence electrons.